The summed E-state index contributed by atoms with van der Waals surface area (Å²) in [7, 11) is 0. The van der Waals surface area contributed by atoms with Crippen LogP contribution in [0.1, 0.15) is 18.5 Å². The maximum absolute atomic E-state index is 13.6. The lowest BCUT2D eigenvalue weighted by Crippen LogP contribution is -2.35. The lowest BCUT2D eigenvalue weighted by molar-refractivity contribution is -0.120. The lowest BCUT2D eigenvalue weighted by atomic mass is 10.1. The molecular formula is C13H16BrFN2O. The van der Waals surface area contributed by atoms with E-state index in [1.165, 1.54) is 6.07 Å². The Kier molecular flexibility index (Phi) is 6.01. The summed E-state index contributed by atoms with van der Waals surface area (Å²) in [4.78, 5) is 11.4. The molecular weight excluding hydrogens is 299 g/mol. The van der Waals surface area contributed by atoms with Crippen molar-refractivity contribution in [3.8, 4) is 0 Å². The van der Waals surface area contributed by atoms with Gasteiger partial charge >= 0.3 is 0 Å². The number of amides is 1. The zero-order valence-electron chi connectivity index (χ0n) is 10.2. The highest BCUT2D eigenvalue weighted by atomic mass is 79.9. The van der Waals surface area contributed by atoms with Gasteiger partial charge in [0.1, 0.15) is 5.82 Å². The molecule has 0 bridgehead atoms. The van der Waals surface area contributed by atoms with Crippen LogP contribution in [0.25, 0.3) is 0 Å². The zero-order valence-corrected chi connectivity index (χ0v) is 11.8. The van der Waals surface area contributed by atoms with Crippen LogP contribution in [0, 0.1) is 5.82 Å². The molecule has 18 heavy (non-hydrogen) atoms. The van der Waals surface area contributed by atoms with Gasteiger partial charge in [-0.15, -0.1) is 6.58 Å². The molecule has 0 aromatic heterocycles. The summed E-state index contributed by atoms with van der Waals surface area (Å²) < 4.78 is 14.3. The van der Waals surface area contributed by atoms with E-state index in [1.807, 2.05) is 6.92 Å². The molecule has 0 aliphatic rings. The second-order valence-corrected chi connectivity index (χ2v) is 4.78. The highest BCUT2D eigenvalue weighted by Gasteiger charge is 2.11. The van der Waals surface area contributed by atoms with Crippen molar-refractivity contribution >= 4 is 21.8 Å². The first-order valence-corrected chi connectivity index (χ1v) is 6.39. The molecule has 1 unspecified atom stereocenters. The Balaban J connectivity index is 2.52. The molecule has 0 spiro atoms. The summed E-state index contributed by atoms with van der Waals surface area (Å²) >= 11 is 3.20. The molecule has 0 saturated carbocycles. The van der Waals surface area contributed by atoms with E-state index in [4.69, 9.17) is 0 Å². The smallest absolute Gasteiger partial charge is 0.234 e. The molecule has 1 rings (SSSR count). The Bertz CT molecular complexity index is 437. The first-order valence-electron chi connectivity index (χ1n) is 5.60. The summed E-state index contributed by atoms with van der Waals surface area (Å²) in [5, 5.41) is 5.61. The number of nitrogens with one attached hydrogen (secondary N) is 2. The van der Waals surface area contributed by atoms with Crippen molar-refractivity contribution < 1.29 is 9.18 Å². The van der Waals surface area contributed by atoms with Crippen molar-refractivity contribution in [3.05, 3.63) is 46.7 Å². The molecule has 2 N–H and O–H groups in total. The van der Waals surface area contributed by atoms with E-state index < -0.39 is 0 Å². The van der Waals surface area contributed by atoms with E-state index in [0.717, 1.165) is 0 Å². The molecule has 5 heteroatoms. The van der Waals surface area contributed by atoms with Crippen molar-refractivity contribution in [3.63, 3.8) is 0 Å². The van der Waals surface area contributed by atoms with Gasteiger partial charge in [-0.05, 0) is 19.1 Å². The van der Waals surface area contributed by atoms with Gasteiger partial charge in [-0.3, -0.25) is 4.79 Å². The molecule has 1 aromatic rings. The third-order valence-electron chi connectivity index (χ3n) is 2.44. The Labute approximate surface area is 115 Å². The molecule has 0 aliphatic heterocycles. The van der Waals surface area contributed by atoms with Crippen LogP contribution in [0.5, 0.6) is 0 Å². The number of rotatable bonds is 6. The second kappa shape index (κ2) is 7.28. The molecule has 1 amide bonds. The lowest BCUT2D eigenvalue weighted by Gasteiger charge is -2.15. The Hall–Kier alpha value is -1.20. The summed E-state index contributed by atoms with van der Waals surface area (Å²) in [5.74, 6) is -0.435. The molecule has 0 saturated heterocycles. The number of carbonyl (C=O) groups is 1. The quantitative estimate of drug-likeness (QED) is 0.792. The van der Waals surface area contributed by atoms with Gasteiger partial charge in [0.05, 0.1) is 6.54 Å². The molecule has 3 nitrogen and oxygen atoms in total. The first kappa shape index (κ1) is 14.9. The summed E-state index contributed by atoms with van der Waals surface area (Å²) in [6.07, 6.45) is 1.61. The molecule has 1 atom stereocenters. The summed E-state index contributed by atoms with van der Waals surface area (Å²) in [6.45, 7) is 5.89. The van der Waals surface area contributed by atoms with Gasteiger partial charge in [0, 0.05) is 22.6 Å². The highest BCUT2D eigenvalue weighted by molar-refractivity contribution is 9.10. The molecule has 0 heterocycles. The SMILES string of the molecule is C=CCNC(=O)CNC(C)c1ccc(Br)cc1F. The van der Waals surface area contributed by atoms with Crippen molar-refractivity contribution in [2.75, 3.05) is 13.1 Å². The molecule has 0 radical (unpaired) electrons. The number of benzene rings is 1. The van der Waals surface area contributed by atoms with Gasteiger partial charge in [-0.25, -0.2) is 4.39 Å². The summed E-state index contributed by atoms with van der Waals surface area (Å²) in [5.41, 5.74) is 0.537. The maximum atomic E-state index is 13.6. The van der Waals surface area contributed by atoms with Gasteiger partial charge in [-0.2, -0.15) is 0 Å². The molecule has 0 fully saturated rings. The largest absolute Gasteiger partial charge is 0.352 e. The Morgan fingerprint density at radius 3 is 2.94 bits per heavy atom. The molecule has 0 aliphatic carbocycles. The third-order valence-corrected chi connectivity index (χ3v) is 2.93. The van der Waals surface area contributed by atoms with Crippen LogP contribution >= 0.6 is 15.9 Å². The molecule has 1 aromatic carbocycles. The number of halogens is 2. The Morgan fingerprint density at radius 2 is 2.33 bits per heavy atom. The summed E-state index contributed by atoms with van der Waals surface area (Å²) in [6, 6.07) is 4.64. The fourth-order valence-electron chi connectivity index (χ4n) is 1.46. The number of hydrogen-bond acceptors (Lipinski definition) is 2. The highest BCUT2D eigenvalue weighted by Crippen LogP contribution is 2.20. The average Bonchev–Trinajstić information content (AvgIpc) is 2.33. The van der Waals surface area contributed by atoms with Gasteiger partial charge in [0.2, 0.25) is 5.91 Å². The van der Waals surface area contributed by atoms with Crippen LogP contribution in [0.15, 0.2) is 35.3 Å². The van der Waals surface area contributed by atoms with Crippen LogP contribution in [0.2, 0.25) is 0 Å². The minimum absolute atomic E-state index is 0.140. The van der Waals surface area contributed by atoms with E-state index in [0.29, 0.717) is 16.6 Å². The normalized spacial score (nSPS) is 11.9. The fraction of sp³-hybridized carbons (Fsp3) is 0.308. The first-order chi connectivity index (χ1) is 8.54. The van der Waals surface area contributed by atoms with Gasteiger partial charge in [-0.1, -0.05) is 28.1 Å². The monoisotopic (exact) mass is 314 g/mol. The van der Waals surface area contributed by atoms with Gasteiger partial charge in [0.15, 0.2) is 0 Å². The minimum atomic E-state index is -0.295. The van der Waals surface area contributed by atoms with E-state index in [9.17, 15) is 9.18 Å². The van der Waals surface area contributed by atoms with Crippen molar-refractivity contribution in [1.82, 2.24) is 10.6 Å². The van der Waals surface area contributed by atoms with Gasteiger partial charge < -0.3 is 10.6 Å². The van der Waals surface area contributed by atoms with Crippen LogP contribution in [-0.4, -0.2) is 19.0 Å². The topological polar surface area (TPSA) is 41.1 Å². The Morgan fingerprint density at radius 1 is 1.61 bits per heavy atom. The van der Waals surface area contributed by atoms with E-state index in [1.54, 1.807) is 18.2 Å². The fourth-order valence-corrected chi connectivity index (χ4v) is 1.79. The number of carbonyl (C=O) groups excluding carboxylic acids is 1. The zero-order chi connectivity index (χ0) is 13.5. The predicted octanol–water partition coefficient (Wildman–Crippen LogP) is 2.54. The van der Waals surface area contributed by atoms with Crippen LogP contribution in [0.4, 0.5) is 4.39 Å². The third kappa shape index (κ3) is 4.58. The van der Waals surface area contributed by atoms with Crippen LogP contribution in [0.3, 0.4) is 0 Å². The van der Waals surface area contributed by atoms with E-state index in [-0.39, 0.29) is 24.3 Å². The number of hydrogen-bond donors (Lipinski definition) is 2. The van der Waals surface area contributed by atoms with Crippen molar-refractivity contribution in [1.29, 1.82) is 0 Å². The maximum Gasteiger partial charge on any atom is 0.234 e. The van der Waals surface area contributed by atoms with E-state index >= 15 is 0 Å². The second-order valence-electron chi connectivity index (χ2n) is 3.86. The minimum Gasteiger partial charge on any atom is -0.352 e. The molecule has 98 valence electrons. The average molecular weight is 315 g/mol. The van der Waals surface area contributed by atoms with Crippen molar-refractivity contribution in [2.45, 2.75) is 13.0 Å². The van der Waals surface area contributed by atoms with Crippen molar-refractivity contribution in [2.24, 2.45) is 0 Å². The predicted molar refractivity (Wildman–Crippen MR) is 73.7 cm³/mol. The van der Waals surface area contributed by atoms with E-state index in [2.05, 4.69) is 33.1 Å². The standard InChI is InChI=1S/C13H16BrFN2O/c1-3-6-16-13(18)8-17-9(2)11-5-4-10(14)7-12(11)15/h3-5,7,9,17H,1,6,8H2,2H3,(H,16,18). The van der Waals surface area contributed by atoms with Crippen LogP contribution in [-0.2, 0) is 4.79 Å². The van der Waals surface area contributed by atoms with Gasteiger partial charge in [0.25, 0.3) is 0 Å². The van der Waals surface area contributed by atoms with Crippen LogP contribution < -0.4 is 10.6 Å².